The number of benzene rings is 4. The molecule has 0 saturated heterocycles. The number of nitrogens with one attached hydrogen (secondary N) is 4. The molecule has 1 heterocycles. The van der Waals surface area contributed by atoms with Gasteiger partial charge in [0.1, 0.15) is 35.7 Å². The maximum Gasteiger partial charge on any atom is 0.326 e. The van der Waals surface area contributed by atoms with Crippen LogP contribution in [0.2, 0.25) is 0 Å². The summed E-state index contributed by atoms with van der Waals surface area (Å²) >= 11 is 0. The molecule has 0 spiro atoms. The second kappa shape index (κ2) is 24.9. The first-order valence-electron chi connectivity index (χ1n) is 23.7. The zero-order valence-corrected chi connectivity index (χ0v) is 39.8. The number of nitrogens with zero attached hydrogens (tertiary/aromatic N) is 1. The van der Waals surface area contributed by atoms with E-state index in [0.29, 0.717) is 36.4 Å². The quantitative estimate of drug-likeness (QED) is 0.0454. The van der Waals surface area contributed by atoms with Crippen molar-refractivity contribution in [3.05, 3.63) is 107 Å². The van der Waals surface area contributed by atoms with Gasteiger partial charge in [-0.1, -0.05) is 88.6 Å². The molecule has 5 rings (SSSR count). The lowest BCUT2D eigenvalue weighted by Crippen LogP contribution is -2.54. The molecule has 0 fully saturated rings. The molecule has 4 aromatic rings. The first kappa shape index (κ1) is 52.2. The van der Waals surface area contributed by atoms with Crippen LogP contribution in [0.3, 0.4) is 0 Å². The number of amides is 5. The summed E-state index contributed by atoms with van der Waals surface area (Å²) in [6, 6.07) is 19.0. The van der Waals surface area contributed by atoms with Gasteiger partial charge < -0.3 is 47.2 Å². The number of hydrogen-bond donors (Lipinski definition) is 8. The molecule has 0 radical (unpaired) electrons. The minimum Gasteiger partial charge on any atom is -0.507 e. The molecule has 15 nitrogen and oxygen atoms in total. The van der Waals surface area contributed by atoms with Crippen molar-refractivity contribution in [1.82, 2.24) is 26.2 Å². The second-order valence-corrected chi connectivity index (χ2v) is 18.5. The summed E-state index contributed by atoms with van der Waals surface area (Å²) in [6.45, 7) is 8.55. The number of carbonyl (C=O) groups is 6. The molecule has 4 aromatic carbocycles. The number of aromatic hydroxyl groups is 2. The maximum absolute atomic E-state index is 14.4. The van der Waals surface area contributed by atoms with Gasteiger partial charge in [0.2, 0.25) is 23.6 Å². The van der Waals surface area contributed by atoms with Crippen molar-refractivity contribution >= 4 is 35.5 Å². The van der Waals surface area contributed by atoms with Crippen LogP contribution in [-0.4, -0.2) is 94.0 Å². The highest BCUT2D eigenvalue weighted by Crippen LogP contribution is 2.39. The van der Waals surface area contributed by atoms with Crippen LogP contribution in [0.1, 0.15) is 112 Å². The summed E-state index contributed by atoms with van der Waals surface area (Å²) < 4.78 is 0. The largest absolute Gasteiger partial charge is 0.507 e. The number of unbranched alkanes of at least 4 members (excludes halogenated alkanes) is 1. The molecule has 9 N–H and O–H groups in total. The molecule has 0 saturated carbocycles. The third kappa shape index (κ3) is 14.6. The van der Waals surface area contributed by atoms with Crippen LogP contribution in [0.5, 0.6) is 11.5 Å². The van der Waals surface area contributed by atoms with Crippen molar-refractivity contribution in [2.75, 3.05) is 20.1 Å². The lowest BCUT2D eigenvalue weighted by Gasteiger charge is -2.32. The van der Waals surface area contributed by atoms with E-state index in [0.717, 1.165) is 34.8 Å². The van der Waals surface area contributed by atoms with Crippen molar-refractivity contribution in [2.24, 2.45) is 17.6 Å². The smallest absolute Gasteiger partial charge is 0.326 e. The molecule has 1 aliphatic heterocycles. The Kier molecular flexibility index (Phi) is 19.1. The van der Waals surface area contributed by atoms with E-state index in [9.17, 15) is 44.1 Å². The molecule has 0 aromatic heterocycles. The molecule has 1 unspecified atom stereocenters. The number of fused-ring (bicyclic) bond motifs is 5. The SMILES string of the molecule is CC(C)CCCC(C)CCc1ccc(-c2ccc(C(=O)NCCC(=O)N[C@@H](CCCCN)C(=O)N(C)[C@@H]3C(=O)N[C@@H](C)C(=O)N[C@H](C(=O)O)Cc4ccc(O)c(c4)-c4cc3ccc4O)cc2)cc1. The fraction of sp³-hybridized carbons (Fsp3) is 0.434. The van der Waals surface area contributed by atoms with E-state index < -0.39 is 53.8 Å². The van der Waals surface area contributed by atoms with E-state index in [1.54, 1.807) is 12.1 Å². The van der Waals surface area contributed by atoms with E-state index in [1.165, 1.54) is 75.2 Å². The Balaban J connectivity index is 1.25. The van der Waals surface area contributed by atoms with Crippen molar-refractivity contribution in [3.63, 3.8) is 0 Å². The third-order valence-electron chi connectivity index (χ3n) is 12.5. The Morgan fingerprint density at radius 2 is 1.43 bits per heavy atom. The molecule has 15 heteroatoms. The molecule has 5 atom stereocenters. The zero-order chi connectivity index (χ0) is 49.5. The number of aliphatic carboxylic acids is 1. The number of aryl methyl sites for hydroxylation is 1. The Morgan fingerprint density at radius 1 is 0.779 bits per heavy atom. The van der Waals surface area contributed by atoms with Gasteiger partial charge in [0, 0.05) is 43.1 Å². The number of rotatable bonds is 20. The van der Waals surface area contributed by atoms with Gasteiger partial charge in [-0.25, -0.2) is 4.79 Å². The Labute approximate surface area is 399 Å². The lowest BCUT2D eigenvalue weighted by molar-refractivity contribution is -0.144. The number of phenolic OH excluding ortho intramolecular Hbond substituents is 2. The fourth-order valence-electron chi connectivity index (χ4n) is 8.40. The van der Waals surface area contributed by atoms with E-state index in [-0.39, 0.29) is 59.9 Å². The molecule has 0 aliphatic carbocycles. The predicted molar refractivity (Wildman–Crippen MR) is 261 cm³/mol. The Hall–Kier alpha value is -6.74. The molecule has 364 valence electrons. The molecular formula is C53H68N6O9. The van der Waals surface area contributed by atoms with Gasteiger partial charge in [0.05, 0.1) is 0 Å². The fourth-order valence-corrected chi connectivity index (χ4v) is 8.40. The van der Waals surface area contributed by atoms with Gasteiger partial charge in [-0.15, -0.1) is 0 Å². The summed E-state index contributed by atoms with van der Waals surface area (Å²) in [7, 11) is 1.37. The average molecular weight is 933 g/mol. The van der Waals surface area contributed by atoms with Crippen molar-refractivity contribution in [2.45, 2.75) is 116 Å². The van der Waals surface area contributed by atoms with Crippen molar-refractivity contribution < 1.29 is 44.1 Å². The Morgan fingerprint density at radius 3 is 2.07 bits per heavy atom. The number of phenols is 2. The van der Waals surface area contributed by atoms with Crippen molar-refractivity contribution in [3.8, 4) is 33.8 Å². The molecule has 1 aliphatic rings. The first-order valence-corrected chi connectivity index (χ1v) is 23.7. The van der Waals surface area contributed by atoms with E-state index in [2.05, 4.69) is 66.3 Å². The van der Waals surface area contributed by atoms with Gasteiger partial charge in [-0.3, -0.25) is 24.0 Å². The highest BCUT2D eigenvalue weighted by atomic mass is 16.4. The highest BCUT2D eigenvalue weighted by Gasteiger charge is 2.36. The lowest BCUT2D eigenvalue weighted by atomic mass is 9.93. The number of carboxylic acid groups (broad SMARTS) is 1. The standard InChI is InChI=1S/C53H68N6O9/c1-32(2)9-8-10-33(3)12-13-35-14-17-37(18-15-35)38-19-21-39(22-20-38)50(64)55-28-26-47(62)57-43(11-6-7-27-54)52(66)59(5)48-40-23-25-46(61)42(31-40)41-29-36(16-24-45(41)60)30-44(53(67)68)58-49(63)34(4)56-51(48)65/h14-25,29,31-34,43-44,48,60-61H,6-13,26-28,30,54H2,1-5H3,(H,55,64)(H,56,65)(H,57,62)(H,58,63)(H,67,68)/t33?,34-,43-,44-,48-/m0/s1. The normalized spacial score (nSPS) is 17.0. The van der Waals surface area contributed by atoms with Gasteiger partial charge in [-0.2, -0.15) is 0 Å². The summed E-state index contributed by atoms with van der Waals surface area (Å²) in [5.41, 5.74) is 10.3. The number of carboxylic acids is 1. The van der Waals surface area contributed by atoms with Gasteiger partial charge in [-0.05, 0) is 122 Å². The van der Waals surface area contributed by atoms with Crippen LogP contribution in [0.15, 0.2) is 84.9 Å². The third-order valence-corrected chi connectivity index (χ3v) is 12.5. The van der Waals surface area contributed by atoms with E-state index in [4.69, 9.17) is 5.73 Å². The Bertz CT molecular complexity index is 2390. The van der Waals surface area contributed by atoms with Crippen LogP contribution in [0, 0.1) is 11.8 Å². The summed E-state index contributed by atoms with van der Waals surface area (Å²) in [5.74, 6) is -3.57. The van der Waals surface area contributed by atoms with Crippen LogP contribution < -0.4 is 27.0 Å². The van der Waals surface area contributed by atoms with Crippen LogP contribution >= 0.6 is 0 Å². The second-order valence-electron chi connectivity index (χ2n) is 18.5. The molecule has 5 amide bonds. The van der Waals surface area contributed by atoms with Crippen LogP contribution in [-0.2, 0) is 36.8 Å². The minimum atomic E-state index is -1.44. The van der Waals surface area contributed by atoms with Crippen molar-refractivity contribution in [1.29, 1.82) is 0 Å². The van der Waals surface area contributed by atoms with Gasteiger partial charge >= 0.3 is 5.97 Å². The van der Waals surface area contributed by atoms with Crippen LogP contribution in [0.4, 0.5) is 0 Å². The number of nitrogens with two attached hydrogens (primary N) is 1. The molecule has 4 bridgehead atoms. The average Bonchev–Trinajstić information content (AvgIpc) is 3.31. The number of carbonyl (C=O) groups excluding carboxylic acids is 5. The maximum atomic E-state index is 14.4. The zero-order valence-electron chi connectivity index (χ0n) is 39.8. The topological polar surface area (TPSA) is 240 Å². The van der Waals surface area contributed by atoms with Gasteiger partial charge in [0.25, 0.3) is 5.91 Å². The monoisotopic (exact) mass is 933 g/mol. The summed E-state index contributed by atoms with van der Waals surface area (Å²) in [5, 5.41) is 42.4. The first-order chi connectivity index (χ1) is 32.4. The predicted octanol–water partition coefficient (Wildman–Crippen LogP) is 6.39. The van der Waals surface area contributed by atoms with Crippen LogP contribution in [0.25, 0.3) is 22.3 Å². The number of hydrogen-bond acceptors (Lipinski definition) is 9. The van der Waals surface area contributed by atoms with E-state index >= 15 is 0 Å². The summed E-state index contributed by atoms with van der Waals surface area (Å²) in [6.07, 6.45) is 6.82. The van der Waals surface area contributed by atoms with Gasteiger partial charge in [0.15, 0.2) is 0 Å². The summed E-state index contributed by atoms with van der Waals surface area (Å²) in [4.78, 5) is 81.7. The molecular weight excluding hydrogens is 865 g/mol. The minimum absolute atomic E-state index is 0.0260. The number of likely N-dealkylation sites (N-methyl/N-ethyl adjacent to an activating group) is 1. The molecule has 68 heavy (non-hydrogen) atoms. The highest BCUT2D eigenvalue weighted by molar-refractivity contribution is 5.97. The van der Waals surface area contributed by atoms with E-state index in [1.807, 2.05) is 12.1 Å².